The molecule has 0 atom stereocenters. The number of carbonyl (C=O) groups is 2. The highest BCUT2D eigenvalue weighted by molar-refractivity contribution is 7.07. The highest BCUT2D eigenvalue weighted by Crippen LogP contribution is 2.09. The summed E-state index contributed by atoms with van der Waals surface area (Å²) in [5.74, 6) is 0.471. The first-order valence-corrected chi connectivity index (χ1v) is 11.7. The van der Waals surface area contributed by atoms with Crippen molar-refractivity contribution in [3.05, 3.63) is 37.7 Å². The molecule has 0 fully saturated rings. The fourth-order valence-electron chi connectivity index (χ4n) is 2.96. The molecule has 0 aliphatic heterocycles. The lowest BCUT2D eigenvalue weighted by Gasteiger charge is -2.19. The summed E-state index contributed by atoms with van der Waals surface area (Å²) in [6.45, 7) is 8.83. The predicted octanol–water partition coefficient (Wildman–Crippen LogP) is -0.00180. The zero-order chi connectivity index (χ0) is 24.2. The van der Waals surface area contributed by atoms with Crippen LogP contribution in [-0.2, 0) is 20.9 Å². The van der Waals surface area contributed by atoms with Crippen LogP contribution >= 0.6 is 11.3 Å². The van der Waals surface area contributed by atoms with Crippen LogP contribution in [0.2, 0.25) is 0 Å². The van der Waals surface area contributed by atoms with Gasteiger partial charge in [0.15, 0.2) is 0 Å². The third kappa shape index (κ3) is 8.12. The molecule has 0 spiro atoms. The first kappa shape index (κ1) is 26.2. The lowest BCUT2D eigenvalue weighted by Crippen LogP contribution is -2.35. The number of anilines is 2. The Morgan fingerprint density at radius 1 is 1.24 bits per heavy atom. The summed E-state index contributed by atoms with van der Waals surface area (Å²) in [4.78, 5) is 43.2. The van der Waals surface area contributed by atoms with E-state index < -0.39 is 0 Å². The minimum absolute atomic E-state index is 0.170. The van der Waals surface area contributed by atoms with Crippen molar-refractivity contribution in [2.45, 2.75) is 27.3 Å². The largest absolute Gasteiger partial charge is 0.383 e. The smallest absolute Gasteiger partial charge is 0.270 e. The molecule has 33 heavy (non-hydrogen) atoms. The van der Waals surface area contributed by atoms with Crippen LogP contribution in [0.5, 0.6) is 0 Å². The van der Waals surface area contributed by atoms with Gasteiger partial charge in [-0.15, -0.1) is 11.3 Å². The van der Waals surface area contributed by atoms with Crippen LogP contribution in [0.25, 0.3) is 12.3 Å². The van der Waals surface area contributed by atoms with Crippen LogP contribution < -0.4 is 30.7 Å². The number of nitrogens with zero attached hydrogens (tertiary/aromatic N) is 3. The normalized spacial score (nSPS) is 12.3. The SMILES string of the molecule is CCNC(=O)/C=c1\s/c(=C/Nc2cccc(NC(=O)CN(CC)CCOC)n2)c(=O)n1CC. The van der Waals surface area contributed by atoms with E-state index in [1.807, 2.05) is 25.7 Å². The first-order valence-electron chi connectivity index (χ1n) is 10.9. The number of methoxy groups -OCH3 is 1. The number of ether oxygens (including phenoxy) is 1. The summed E-state index contributed by atoms with van der Waals surface area (Å²) < 4.78 is 7.63. The standard InChI is InChI=1S/C22H32N6O4S/c1-5-23-19(29)13-21-28(7-3)22(31)16(33-21)14-24-17-9-8-10-18(25-17)26-20(30)15-27(6-2)11-12-32-4/h8-10,13-14H,5-7,11-12,15H2,1-4H3,(H,23,29)(H2,24,25,26,30)/b16-14+,21-13-. The maximum absolute atomic E-state index is 12.7. The van der Waals surface area contributed by atoms with E-state index in [4.69, 9.17) is 4.74 Å². The molecule has 2 aromatic heterocycles. The van der Waals surface area contributed by atoms with Gasteiger partial charge in [0.1, 0.15) is 20.8 Å². The molecule has 0 unspecified atom stereocenters. The number of pyridine rings is 1. The second-order valence-corrected chi connectivity index (χ2v) is 8.06. The highest BCUT2D eigenvalue weighted by atomic mass is 32.1. The first-order chi connectivity index (χ1) is 15.9. The Bertz CT molecular complexity index is 1110. The quantitative estimate of drug-likeness (QED) is 0.395. The van der Waals surface area contributed by atoms with E-state index in [0.717, 1.165) is 6.54 Å². The molecule has 3 N–H and O–H groups in total. The molecule has 0 aliphatic rings. The van der Waals surface area contributed by atoms with Gasteiger partial charge in [0.2, 0.25) is 11.8 Å². The summed E-state index contributed by atoms with van der Waals surface area (Å²) in [6, 6.07) is 5.19. The van der Waals surface area contributed by atoms with Crippen LogP contribution in [0.15, 0.2) is 23.0 Å². The van der Waals surface area contributed by atoms with Crippen molar-refractivity contribution in [2.75, 3.05) is 50.5 Å². The molecule has 2 amide bonds. The number of nitrogens with one attached hydrogen (secondary N) is 3. The molecular formula is C22H32N6O4S. The molecule has 2 aromatic rings. The van der Waals surface area contributed by atoms with Crippen molar-refractivity contribution >= 4 is 47.1 Å². The van der Waals surface area contributed by atoms with Crippen molar-refractivity contribution in [1.29, 1.82) is 0 Å². The molecule has 0 bridgehead atoms. The number of carbonyl (C=O) groups excluding carboxylic acids is 2. The Morgan fingerprint density at radius 2 is 2.00 bits per heavy atom. The number of likely N-dealkylation sites (N-methyl/N-ethyl adjacent to an activating group) is 1. The van der Waals surface area contributed by atoms with Crippen molar-refractivity contribution in [1.82, 2.24) is 19.8 Å². The molecule has 2 rings (SSSR count). The zero-order valence-corrected chi connectivity index (χ0v) is 20.3. The fraction of sp³-hybridized carbons (Fsp3) is 0.455. The van der Waals surface area contributed by atoms with Gasteiger partial charge in [-0.1, -0.05) is 13.0 Å². The molecule has 0 saturated carbocycles. The summed E-state index contributed by atoms with van der Waals surface area (Å²) in [5.41, 5.74) is -0.189. The topological polar surface area (TPSA) is 118 Å². The molecule has 180 valence electrons. The molecule has 0 saturated heterocycles. The Balaban J connectivity index is 2.14. The van der Waals surface area contributed by atoms with Crippen LogP contribution in [0.3, 0.4) is 0 Å². The van der Waals surface area contributed by atoms with Crippen molar-refractivity contribution < 1.29 is 14.3 Å². The van der Waals surface area contributed by atoms with Crippen LogP contribution in [0.4, 0.5) is 11.6 Å². The lowest BCUT2D eigenvalue weighted by molar-refractivity contribution is -0.117. The Hall–Kier alpha value is -3.02. The molecule has 10 nitrogen and oxygen atoms in total. The molecule has 11 heteroatoms. The van der Waals surface area contributed by atoms with Crippen LogP contribution in [0.1, 0.15) is 20.8 Å². The second kappa shape index (κ2) is 13.5. The van der Waals surface area contributed by atoms with E-state index in [1.54, 1.807) is 36.1 Å². The summed E-state index contributed by atoms with van der Waals surface area (Å²) in [5, 5.41) is 8.49. The third-order valence-corrected chi connectivity index (χ3v) is 5.71. The third-order valence-electron chi connectivity index (χ3n) is 4.65. The number of hydrogen-bond acceptors (Lipinski definition) is 8. The molecule has 0 aromatic carbocycles. The zero-order valence-electron chi connectivity index (χ0n) is 19.5. The van der Waals surface area contributed by atoms with Gasteiger partial charge >= 0.3 is 0 Å². The van der Waals surface area contributed by atoms with Gasteiger partial charge in [-0.05, 0) is 32.5 Å². The van der Waals surface area contributed by atoms with E-state index in [1.165, 1.54) is 17.4 Å². The molecule has 0 radical (unpaired) electrons. The van der Waals surface area contributed by atoms with Gasteiger partial charge in [-0.3, -0.25) is 23.9 Å². The van der Waals surface area contributed by atoms with E-state index in [2.05, 4.69) is 20.9 Å². The minimum atomic E-state index is -0.241. The second-order valence-electron chi connectivity index (χ2n) is 7.00. The van der Waals surface area contributed by atoms with E-state index >= 15 is 0 Å². The van der Waals surface area contributed by atoms with Gasteiger partial charge in [0, 0.05) is 39.0 Å². The molecule has 2 heterocycles. The monoisotopic (exact) mass is 476 g/mol. The maximum Gasteiger partial charge on any atom is 0.270 e. The van der Waals surface area contributed by atoms with E-state index in [9.17, 15) is 14.4 Å². The van der Waals surface area contributed by atoms with Crippen molar-refractivity contribution in [3.63, 3.8) is 0 Å². The summed E-state index contributed by atoms with van der Waals surface area (Å²) >= 11 is 1.22. The van der Waals surface area contributed by atoms with Gasteiger partial charge in [-0.2, -0.15) is 0 Å². The number of amides is 2. The Kier molecular flexibility index (Phi) is 10.7. The number of aromatic nitrogens is 2. The maximum atomic E-state index is 12.7. The lowest BCUT2D eigenvalue weighted by atomic mass is 10.4. The Labute approximate surface area is 197 Å². The van der Waals surface area contributed by atoms with Crippen molar-refractivity contribution in [3.8, 4) is 0 Å². The number of thiazole rings is 1. The predicted molar refractivity (Wildman–Crippen MR) is 132 cm³/mol. The summed E-state index contributed by atoms with van der Waals surface area (Å²) in [7, 11) is 1.63. The average molecular weight is 477 g/mol. The van der Waals surface area contributed by atoms with E-state index in [-0.39, 0.29) is 23.9 Å². The molecular weight excluding hydrogens is 444 g/mol. The van der Waals surface area contributed by atoms with Gasteiger partial charge < -0.3 is 20.7 Å². The van der Waals surface area contributed by atoms with Gasteiger partial charge in [-0.25, -0.2) is 4.98 Å². The fourth-order valence-corrected chi connectivity index (χ4v) is 3.99. The molecule has 0 aliphatic carbocycles. The van der Waals surface area contributed by atoms with Crippen LogP contribution in [0, 0.1) is 0 Å². The Morgan fingerprint density at radius 3 is 2.67 bits per heavy atom. The van der Waals surface area contributed by atoms with Gasteiger partial charge in [0.05, 0.1) is 13.2 Å². The average Bonchev–Trinajstić information content (AvgIpc) is 3.09. The van der Waals surface area contributed by atoms with E-state index in [0.29, 0.717) is 47.1 Å². The number of hydrogen-bond donors (Lipinski definition) is 3. The number of rotatable bonds is 12. The summed E-state index contributed by atoms with van der Waals surface area (Å²) in [6.07, 6.45) is 2.99. The van der Waals surface area contributed by atoms with Crippen LogP contribution in [-0.4, -0.2) is 66.2 Å². The highest BCUT2D eigenvalue weighted by Gasteiger charge is 2.10. The van der Waals surface area contributed by atoms with Crippen molar-refractivity contribution in [2.24, 2.45) is 0 Å². The minimum Gasteiger partial charge on any atom is -0.383 e. The van der Waals surface area contributed by atoms with Gasteiger partial charge in [0.25, 0.3) is 5.56 Å².